The summed E-state index contributed by atoms with van der Waals surface area (Å²) in [7, 11) is 3.71. The molecule has 198 valence electrons. The number of ether oxygens (including phenoxy) is 1. The molecule has 0 spiro atoms. The summed E-state index contributed by atoms with van der Waals surface area (Å²) in [6, 6.07) is 14.6. The highest BCUT2D eigenvalue weighted by Gasteiger charge is 2.14. The van der Waals surface area contributed by atoms with Gasteiger partial charge in [0.25, 0.3) is 0 Å². The van der Waals surface area contributed by atoms with Gasteiger partial charge in [0.15, 0.2) is 0 Å². The number of aliphatic carboxylic acids is 2. The maximum Gasteiger partial charge on any atom is 0.328 e. The van der Waals surface area contributed by atoms with Crippen LogP contribution in [0.1, 0.15) is 16.7 Å². The molecule has 10 heteroatoms. The molecule has 0 aliphatic rings. The van der Waals surface area contributed by atoms with E-state index in [2.05, 4.69) is 42.0 Å². The van der Waals surface area contributed by atoms with Gasteiger partial charge < -0.3 is 20.1 Å². The highest BCUT2D eigenvalue weighted by Crippen LogP contribution is 2.25. The Kier molecular flexibility index (Phi) is 11.0. The van der Waals surface area contributed by atoms with E-state index in [1.54, 1.807) is 36.0 Å². The normalized spacial score (nSPS) is 11.8. The fourth-order valence-electron chi connectivity index (χ4n) is 3.40. The van der Waals surface area contributed by atoms with Crippen LogP contribution in [-0.2, 0) is 23.2 Å². The van der Waals surface area contributed by atoms with E-state index in [-0.39, 0.29) is 12.4 Å². The van der Waals surface area contributed by atoms with Crippen molar-refractivity contribution >= 4 is 11.9 Å². The molecule has 0 radical (unpaired) electrons. The molecule has 2 aromatic carbocycles. The minimum Gasteiger partial charge on any atom is -0.478 e. The molecule has 0 amide bonds. The summed E-state index contributed by atoms with van der Waals surface area (Å²) < 4.78 is 21.2. The van der Waals surface area contributed by atoms with Crippen LogP contribution in [0.2, 0.25) is 0 Å². The lowest BCUT2D eigenvalue weighted by Crippen LogP contribution is -2.33. The third-order valence-electron chi connectivity index (χ3n) is 5.33. The van der Waals surface area contributed by atoms with Crippen molar-refractivity contribution in [2.75, 3.05) is 20.2 Å². The van der Waals surface area contributed by atoms with Crippen molar-refractivity contribution in [3.63, 3.8) is 0 Å². The second kappa shape index (κ2) is 13.9. The Morgan fingerprint density at radius 1 is 1.08 bits per heavy atom. The highest BCUT2D eigenvalue weighted by atomic mass is 19.1. The van der Waals surface area contributed by atoms with E-state index in [1.807, 2.05) is 7.05 Å². The van der Waals surface area contributed by atoms with Gasteiger partial charge in [0, 0.05) is 43.9 Å². The molecule has 3 N–H and O–H groups in total. The van der Waals surface area contributed by atoms with Gasteiger partial charge in [0.05, 0.1) is 5.69 Å². The van der Waals surface area contributed by atoms with Crippen molar-refractivity contribution in [2.24, 2.45) is 7.05 Å². The van der Waals surface area contributed by atoms with Crippen LogP contribution in [0.15, 0.2) is 60.7 Å². The summed E-state index contributed by atoms with van der Waals surface area (Å²) in [5.41, 5.74) is 4.68. The van der Waals surface area contributed by atoms with Crippen LogP contribution < -0.4 is 4.74 Å². The Morgan fingerprint density at radius 3 is 2.32 bits per heavy atom. The second-order valence-electron chi connectivity index (χ2n) is 8.56. The molecule has 0 aliphatic carbocycles. The minimum absolute atomic E-state index is 0.132. The molecule has 0 aliphatic heterocycles. The van der Waals surface area contributed by atoms with Gasteiger partial charge in [-0.1, -0.05) is 30.3 Å². The lowest BCUT2D eigenvalue weighted by molar-refractivity contribution is -0.134. The van der Waals surface area contributed by atoms with Gasteiger partial charge >= 0.3 is 11.9 Å². The van der Waals surface area contributed by atoms with Crippen LogP contribution in [0.25, 0.3) is 11.3 Å². The van der Waals surface area contributed by atoms with Gasteiger partial charge in [-0.3, -0.25) is 4.90 Å². The highest BCUT2D eigenvalue weighted by molar-refractivity contribution is 5.89. The number of carboxylic acid groups (broad SMARTS) is 2. The predicted octanol–water partition coefficient (Wildman–Crippen LogP) is 3.43. The van der Waals surface area contributed by atoms with Crippen molar-refractivity contribution in [3.8, 4) is 17.1 Å². The molecule has 0 fully saturated rings. The van der Waals surface area contributed by atoms with E-state index in [0.717, 1.165) is 6.54 Å². The van der Waals surface area contributed by atoms with Gasteiger partial charge in [-0.25, -0.2) is 18.7 Å². The van der Waals surface area contributed by atoms with Crippen molar-refractivity contribution in [3.05, 3.63) is 83.2 Å². The van der Waals surface area contributed by atoms with E-state index >= 15 is 0 Å². The molecular formula is C27H32FN3O6. The Labute approximate surface area is 215 Å². The first-order valence-electron chi connectivity index (χ1n) is 11.4. The monoisotopic (exact) mass is 513 g/mol. The van der Waals surface area contributed by atoms with Gasteiger partial charge in [0.1, 0.15) is 18.5 Å². The number of aliphatic hydroxyl groups is 1. The number of carbonyl (C=O) groups is 2. The van der Waals surface area contributed by atoms with Crippen LogP contribution in [0.4, 0.5) is 4.39 Å². The quantitative estimate of drug-likeness (QED) is 0.352. The van der Waals surface area contributed by atoms with Crippen LogP contribution in [0.5, 0.6) is 5.88 Å². The molecule has 3 rings (SSSR count). The molecule has 37 heavy (non-hydrogen) atoms. The Bertz CT molecular complexity index is 1220. The third kappa shape index (κ3) is 9.86. The predicted molar refractivity (Wildman–Crippen MR) is 137 cm³/mol. The van der Waals surface area contributed by atoms with E-state index in [1.165, 1.54) is 22.8 Å². The average Bonchev–Trinajstić information content (AvgIpc) is 3.19. The molecule has 9 nitrogen and oxygen atoms in total. The number of aryl methyl sites for hydroxylation is 3. The lowest BCUT2D eigenvalue weighted by Gasteiger charge is -2.21. The number of aliphatic hydroxyl groups excluding tert-OH is 1. The fraction of sp³-hybridized carbons (Fsp3) is 0.296. The molecule has 0 bridgehead atoms. The largest absolute Gasteiger partial charge is 0.478 e. The summed E-state index contributed by atoms with van der Waals surface area (Å²) in [5.74, 6) is -2.36. The first-order valence-corrected chi connectivity index (χ1v) is 11.4. The van der Waals surface area contributed by atoms with E-state index in [0.29, 0.717) is 35.8 Å². The van der Waals surface area contributed by atoms with Crippen molar-refractivity contribution < 1.29 is 34.0 Å². The minimum atomic E-state index is -1.26. The standard InChI is InChI=1S/C23H28FN3O2.C4H4O4/c1-16-9-10-18(11-17(16)2)13-26(3)14-19(28)15-29-23-12-22(25-27(23)4)20-7-5-6-8-21(20)24;5-3(6)1-2-4(7)8/h5-12,19,28H,13-15H2,1-4H3;1-2H,(H,5,6)(H,7,8). The molecule has 1 heterocycles. The number of halogens is 1. The summed E-state index contributed by atoms with van der Waals surface area (Å²) in [4.78, 5) is 21.2. The number of nitrogens with zero attached hydrogens (tertiary/aromatic N) is 3. The molecule has 1 aromatic heterocycles. The summed E-state index contributed by atoms with van der Waals surface area (Å²) in [5, 5.41) is 30.3. The first kappa shape index (κ1) is 29.2. The Morgan fingerprint density at radius 2 is 1.73 bits per heavy atom. The fourth-order valence-corrected chi connectivity index (χ4v) is 3.40. The Hall–Kier alpha value is -4.02. The molecular weight excluding hydrogens is 481 g/mol. The topological polar surface area (TPSA) is 125 Å². The van der Waals surface area contributed by atoms with Crippen LogP contribution in [0.3, 0.4) is 0 Å². The maximum atomic E-state index is 14.0. The average molecular weight is 514 g/mol. The van der Waals surface area contributed by atoms with Gasteiger partial charge in [-0.2, -0.15) is 5.10 Å². The number of rotatable bonds is 10. The van der Waals surface area contributed by atoms with Crippen LogP contribution in [-0.4, -0.2) is 68.2 Å². The zero-order chi connectivity index (χ0) is 27.5. The molecule has 3 aromatic rings. The van der Waals surface area contributed by atoms with Crippen molar-refractivity contribution in [1.82, 2.24) is 14.7 Å². The number of hydrogen-bond donors (Lipinski definition) is 3. The number of carboxylic acids is 2. The summed E-state index contributed by atoms with van der Waals surface area (Å²) in [6.07, 6.45) is 0.461. The van der Waals surface area contributed by atoms with Gasteiger partial charge in [0.2, 0.25) is 5.88 Å². The van der Waals surface area contributed by atoms with Crippen molar-refractivity contribution in [1.29, 1.82) is 0 Å². The summed E-state index contributed by atoms with van der Waals surface area (Å²) in [6.45, 7) is 5.56. The van der Waals surface area contributed by atoms with E-state index < -0.39 is 18.0 Å². The first-order chi connectivity index (χ1) is 17.5. The van der Waals surface area contributed by atoms with E-state index in [4.69, 9.17) is 14.9 Å². The zero-order valence-electron chi connectivity index (χ0n) is 21.3. The van der Waals surface area contributed by atoms with Gasteiger partial charge in [-0.15, -0.1) is 0 Å². The van der Waals surface area contributed by atoms with Crippen LogP contribution in [0, 0.1) is 19.7 Å². The second-order valence-corrected chi connectivity index (χ2v) is 8.56. The number of likely N-dealkylation sites (N-methyl/N-ethyl adjacent to an activating group) is 1. The lowest BCUT2D eigenvalue weighted by atomic mass is 10.1. The number of aromatic nitrogens is 2. The van der Waals surface area contributed by atoms with Crippen LogP contribution >= 0.6 is 0 Å². The smallest absolute Gasteiger partial charge is 0.328 e. The molecule has 1 unspecified atom stereocenters. The maximum absolute atomic E-state index is 14.0. The number of hydrogen-bond acceptors (Lipinski definition) is 6. The molecule has 0 saturated heterocycles. The SMILES string of the molecule is Cc1ccc(CN(C)CC(O)COc2cc(-c3ccccc3F)nn2C)cc1C.O=C(O)C=CC(=O)O. The van der Waals surface area contributed by atoms with Crippen molar-refractivity contribution in [2.45, 2.75) is 26.5 Å². The third-order valence-corrected chi connectivity index (χ3v) is 5.33. The number of benzene rings is 2. The Balaban J connectivity index is 0.000000521. The molecule has 1 atom stereocenters. The molecule has 0 saturated carbocycles. The van der Waals surface area contributed by atoms with E-state index in [9.17, 15) is 19.1 Å². The summed E-state index contributed by atoms with van der Waals surface area (Å²) >= 11 is 0. The zero-order valence-corrected chi connectivity index (χ0v) is 21.3. The van der Waals surface area contributed by atoms with Gasteiger partial charge in [-0.05, 0) is 49.7 Å².